The molecule has 3 saturated carbocycles. The van der Waals surface area contributed by atoms with Crippen molar-refractivity contribution in [2.24, 2.45) is 10.8 Å². The smallest absolute Gasteiger partial charge is 0.422 e. The number of fused-ring (bicyclic) bond motifs is 2. The van der Waals surface area contributed by atoms with Crippen LogP contribution < -0.4 is 14.4 Å². The summed E-state index contributed by atoms with van der Waals surface area (Å²) in [6.45, 7) is 9.30. The van der Waals surface area contributed by atoms with Crippen molar-refractivity contribution in [3.8, 4) is 22.9 Å². The zero-order valence-corrected chi connectivity index (χ0v) is 30.7. The van der Waals surface area contributed by atoms with Gasteiger partial charge in [0.25, 0.3) is 0 Å². The molecule has 54 heavy (non-hydrogen) atoms. The minimum atomic E-state index is -4.56. The van der Waals surface area contributed by atoms with Gasteiger partial charge in [-0.3, -0.25) is 14.8 Å². The molecule has 10 nitrogen and oxygen atoms in total. The molecule has 13 heteroatoms. The molecule has 0 unspecified atom stereocenters. The second-order valence-corrected chi connectivity index (χ2v) is 17.2. The number of alkyl halides is 3. The Morgan fingerprint density at radius 2 is 1.76 bits per heavy atom. The third kappa shape index (κ3) is 5.79. The molecule has 2 spiro atoms. The number of rotatable bonds is 9. The minimum Gasteiger partial charge on any atom is -0.481 e. The van der Waals surface area contributed by atoms with Crippen molar-refractivity contribution in [2.75, 3.05) is 50.8 Å². The van der Waals surface area contributed by atoms with Gasteiger partial charge < -0.3 is 19.3 Å². The van der Waals surface area contributed by atoms with E-state index in [2.05, 4.69) is 32.6 Å². The van der Waals surface area contributed by atoms with Gasteiger partial charge in [-0.1, -0.05) is 19.1 Å². The molecule has 10 rings (SSSR count). The van der Waals surface area contributed by atoms with Crippen molar-refractivity contribution in [3.05, 3.63) is 48.2 Å². The Labute approximate surface area is 312 Å². The SMILES string of the molecule is C=CC(=O)N1CC2(CCN(c3nc(OC4CC(N5CC6(CCC6)C5)C4)nc4c(OCC(F)(F)F)c(-c5c(C)ccc6[nH]ncc56)c(C5CC5)cc34)CC2)C1. The van der Waals surface area contributed by atoms with Crippen LogP contribution in [-0.4, -0.2) is 100 Å². The molecule has 2 aromatic heterocycles. The summed E-state index contributed by atoms with van der Waals surface area (Å²) < 4.78 is 54.8. The Bertz CT molecular complexity index is 2150. The summed E-state index contributed by atoms with van der Waals surface area (Å²) in [4.78, 5) is 28.9. The van der Waals surface area contributed by atoms with Gasteiger partial charge in [0.15, 0.2) is 12.4 Å². The third-order valence-corrected chi connectivity index (χ3v) is 13.4. The number of carbonyl (C=O) groups is 1. The maximum atomic E-state index is 14.1. The molecule has 4 aromatic rings. The first kappa shape index (κ1) is 34.1. The van der Waals surface area contributed by atoms with E-state index in [9.17, 15) is 18.0 Å². The number of ether oxygens (including phenoxy) is 2. The lowest BCUT2D eigenvalue weighted by atomic mass is 9.62. The number of anilines is 1. The minimum absolute atomic E-state index is 0.0430. The highest BCUT2D eigenvalue weighted by Gasteiger charge is 2.52. The maximum absolute atomic E-state index is 14.1. The molecule has 6 aliphatic rings. The van der Waals surface area contributed by atoms with E-state index >= 15 is 0 Å². The van der Waals surface area contributed by atoms with E-state index in [4.69, 9.17) is 19.4 Å². The third-order valence-electron chi connectivity index (χ3n) is 13.4. The van der Waals surface area contributed by atoms with Gasteiger partial charge in [-0.25, -0.2) is 0 Å². The molecular formula is C41H46F3N7O3. The number of aryl methyl sites for hydroxylation is 1. The van der Waals surface area contributed by atoms with Gasteiger partial charge in [-0.2, -0.15) is 28.2 Å². The molecule has 3 aliphatic carbocycles. The lowest BCUT2D eigenvalue weighted by molar-refractivity contribution is -0.153. The number of hydrogen-bond donors (Lipinski definition) is 1. The number of likely N-dealkylation sites (tertiary alicyclic amines) is 2. The number of nitrogens with zero attached hydrogens (tertiary/aromatic N) is 6. The van der Waals surface area contributed by atoms with E-state index in [1.54, 1.807) is 6.20 Å². The molecule has 6 fully saturated rings. The standard InChI is InChI=1S/C41H46F3N7O3/c1-3-32(52)51-21-40(22-51)11-13-49(14-12-40)37-29-17-28(25-6-7-25)34(33-24(2)5-8-31-30(33)18-45-48-31)36(53-23-41(42,43)44)35(29)46-38(47-37)54-27-15-26(16-27)50-19-39(20-50)9-4-10-39/h3,5,8,17-18,25-27H,1,4,6-7,9-16,19-23H2,2H3,(H,45,48). The van der Waals surface area contributed by atoms with Crippen LogP contribution in [0.4, 0.5) is 19.0 Å². The largest absolute Gasteiger partial charge is 0.481 e. The summed E-state index contributed by atoms with van der Waals surface area (Å²) in [6.07, 6.45) is 7.84. The zero-order valence-electron chi connectivity index (χ0n) is 30.7. The molecular weight excluding hydrogens is 695 g/mol. The van der Waals surface area contributed by atoms with Crippen molar-refractivity contribution >= 4 is 33.5 Å². The number of amides is 1. The monoisotopic (exact) mass is 741 g/mol. The van der Waals surface area contributed by atoms with Crippen molar-refractivity contribution in [1.82, 2.24) is 30.0 Å². The van der Waals surface area contributed by atoms with Gasteiger partial charge in [-0.15, -0.1) is 0 Å². The van der Waals surface area contributed by atoms with Gasteiger partial charge in [0.1, 0.15) is 17.4 Å². The van der Waals surface area contributed by atoms with Crippen molar-refractivity contribution in [3.63, 3.8) is 0 Å². The predicted octanol–water partition coefficient (Wildman–Crippen LogP) is 7.31. The average Bonchev–Trinajstić information content (AvgIpc) is 3.82. The first-order valence-corrected chi connectivity index (χ1v) is 19.6. The number of aromatic amines is 1. The van der Waals surface area contributed by atoms with Crippen LogP contribution in [-0.2, 0) is 4.79 Å². The van der Waals surface area contributed by atoms with E-state index in [0.717, 1.165) is 66.1 Å². The maximum Gasteiger partial charge on any atom is 0.422 e. The van der Waals surface area contributed by atoms with Crippen LogP contribution in [0.3, 0.4) is 0 Å². The molecule has 1 amide bonds. The number of nitrogens with one attached hydrogen (secondary N) is 1. The number of aromatic nitrogens is 4. The van der Waals surface area contributed by atoms with Gasteiger partial charge >= 0.3 is 12.2 Å². The van der Waals surface area contributed by atoms with E-state index in [-0.39, 0.29) is 35.1 Å². The van der Waals surface area contributed by atoms with E-state index in [1.165, 1.54) is 38.4 Å². The molecule has 1 N–H and O–H groups in total. The molecule has 5 heterocycles. The molecule has 2 aromatic carbocycles. The van der Waals surface area contributed by atoms with E-state index < -0.39 is 12.8 Å². The number of benzene rings is 2. The van der Waals surface area contributed by atoms with Crippen molar-refractivity contribution in [1.29, 1.82) is 0 Å². The summed E-state index contributed by atoms with van der Waals surface area (Å²) in [7, 11) is 0. The normalized spacial score (nSPS) is 24.6. The van der Waals surface area contributed by atoms with E-state index in [0.29, 0.717) is 59.9 Å². The Hall–Kier alpha value is -4.39. The summed E-state index contributed by atoms with van der Waals surface area (Å²) in [5.74, 6) is 0.902. The summed E-state index contributed by atoms with van der Waals surface area (Å²) >= 11 is 0. The highest BCUT2D eigenvalue weighted by atomic mass is 19.4. The van der Waals surface area contributed by atoms with Crippen LogP contribution in [0.2, 0.25) is 0 Å². The number of H-pyrrole nitrogens is 1. The Balaban J connectivity index is 1.06. The molecule has 0 atom stereocenters. The fraction of sp³-hybridized carbons (Fsp3) is 0.561. The zero-order chi connectivity index (χ0) is 37.0. The first-order valence-electron chi connectivity index (χ1n) is 19.6. The first-order chi connectivity index (χ1) is 26.0. The van der Waals surface area contributed by atoms with Gasteiger partial charge in [0, 0.05) is 79.9 Å². The Morgan fingerprint density at radius 3 is 2.43 bits per heavy atom. The van der Waals surface area contributed by atoms with Crippen LogP contribution >= 0.6 is 0 Å². The van der Waals surface area contributed by atoms with Crippen LogP contribution in [0.25, 0.3) is 32.9 Å². The molecule has 284 valence electrons. The van der Waals surface area contributed by atoms with Gasteiger partial charge in [0.05, 0.1) is 11.7 Å². The van der Waals surface area contributed by atoms with Gasteiger partial charge in [-0.05, 0) is 91.7 Å². The molecule has 0 radical (unpaired) electrons. The number of halogens is 3. The summed E-state index contributed by atoms with van der Waals surface area (Å²) in [5.41, 5.74) is 5.02. The second kappa shape index (κ2) is 12.3. The summed E-state index contributed by atoms with van der Waals surface area (Å²) in [5, 5.41) is 8.82. The van der Waals surface area contributed by atoms with Gasteiger partial charge in [0.2, 0.25) is 5.91 Å². The topological polar surface area (TPSA) is 99.7 Å². The molecule has 0 bridgehead atoms. The van der Waals surface area contributed by atoms with E-state index in [1.807, 2.05) is 24.0 Å². The highest BCUT2D eigenvalue weighted by Crippen LogP contribution is 2.54. The fourth-order valence-corrected chi connectivity index (χ4v) is 9.95. The Kier molecular flexibility index (Phi) is 7.78. The number of piperidine rings is 1. The van der Waals surface area contributed by atoms with Crippen LogP contribution in [0.1, 0.15) is 74.8 Å². The lowest BCUT2D eigenvalue weighted by Gasteiger charge is -2.60. The fourth-order valence-electron chi connectivity index (χ4n) is 9.95. The molecule has 3 saturated heterocycles. The molecule has 3 aliphatic heterocycles. The van der Waals surface area contributed by atoms with Crippen molar-refractivity contribution < 1.29 is 27.4 Å². The number of carbonyl (C=O) groups excluding carboxylic acids is 1. The highest BCUT2D eigenvalue weighted by molar-refractivity contribution is 6.06. The quantitative estimate of drug-likeness (QED) is 0.179. The van der Waals surface area contributed by atoms with Crippen LogP contribution in [0.5, 0.6) is 11.8 Å². The second-order valence-electron chi connectivity index (χ2n) is 17.2. The average molecular weight is 742 g/mol. The van der Waals surface area contributed by atoms with Crippen LogP contribution in [0.15, 0.2) is 37.1 Å². The predicted molar refractivity (Wildman–Crippen MR) is 199 cm³/mol. The Morgan fingerprint density at radius 1 is 1.02 bits per heavy atom. The number of hydrogen-bond acceptors (Lipinski definition) is 8. The van der Waals surface area contributed by atoms with Crippen LogP contribution in [0, 0.1) is 17.8 Å². The summed E-state index contributed by atoms with van der Waals surface area (Å²) in [6, 6.07) is 6.67. The van der Waals surface area contributed by atoms with Crippen molar-refractivity contribution in [2.45, 2.75) is 89.0 Å². The lowest BCUT2D eigenvalue weighted by Crippen LogP contribution is -2.65.